The second-order valence-electron chi connectivity index (χ2n) is 20.4. The van der Waals surface area contributed by atoms with Crippen LogP contribution in [0, 0.1) is 0 Å². The van der Waals surface area contributed by atoms with Gasteiger partial charge in [0.1, 0.15) is 0 Å². The molecule has 4 heteroatoms. The highest BCUT2D eigenvalue weighted by Crippen LogP contribution is 2.18. The van der Waals surface area contributed by atoms with E-state index >= 15 is 0 Å². The highest BCUT2D eigenvalue weighted by molar-refractivity contribution is 5.76. The van der Waals surface area contributed by atoms with Crippen molar-refractivity contribution in [2.24, 2.45) is 0 Å². The van der Waals surface area contributed by atoms with Crippen LogP contribution < -0.4 is 5.32 Å². The molecule has 0 fully saturated rings. The summed E-state index contributed by atoms with van der Waals surface area (Å²) in [5.41, 5.74) is 0. The third-order valence-electron chi connectivity index (χ3n) is 13.9. The van der Waals surface area contributed by atoms with Crippen molar-refractivity contribution in [1.29, 1.82) is 0 Å². The highest BCUT2D eigenvalue weighted by Gasteiger charge is 2.18. The fourth-order valence-electron chi connectivity index (χ4n) is 9.41. The Hall–Kier alpha value is -1.13. The zero-order chi connectivity index (χ0) is 46.3. The standard InChI is InChI=1S/C60H117NO3/c1-3-5-7-9-11-13-15-17-19-21-23-25-27-28-29-30-31-32-33-34-36-38-40-42-44-46-48-50-52-54-56-60(64)61-58(57-62)59(63)55-53-51-49-47-45-43-41-39-37-35-26-24-22-20-18-16-14-12-10-8-6-4-2/h28-29,53,55,58-59,62-63H,3-27,30-52,54,56-57H2,1-2H3,(H,61,64)/b29-28-,55-53+. The Labute approximate surface area is 402 Å². The SMILES string of the molecule is CCCCCCCCCCCCCC/C=C\CCCCCCCCCCCCCCCCC(=O)NC(CO)C(O)/C=C/CCCCCCCCCCCCCCCCCCCCCC. The van der Waals surface area contributed by atoms with E-state index in [1.165, 1.54) is 289 Å². The van der Waals surface area contributed by atoms with Crippen molar-refractivity contribution in [3.05, 3.63) is 24.3 Å². The molecule has 0 spiro atoms. The average molecular weight is 901 g/mol. The van der Waals surface area contributed by atoms with Gasteiger partial charge in [-0.05, 0) is 44.9 Å². The maximum atomic E-state index is 12.5. The van der Waals surface area contributed by atoms with Gasteiger partial charge in [0.25, 0.3) is 0 Å². The predicted octanol–water partition coefficient (Wildman–Crippen LogP) is 19.5. The van der Waals surface area contributed by atoms with E-state index < -0.39 is 12.1 Å². The van der Waals surface area contributed by atoms with Gasteiger partial charge in [-0.2, -0.15) is 0 Å². The molecule has 2 unspecified atom stereocenters. The maximum absolute atomic E-state index is 12.5. The molecule has 0 aliphatic carbocycles. The third-order valence-corrected chi connectivity index (χ3v) is 13.9. The van der Waals surface area contributed by atoms with Crippen LogP contribution in [0.4, 0.5) is 0 Å². The third kappa shape index (κ3) is 51.8. The summed E-state index contributed by atoms with van der Waals surface area (Å²) >= 11 is 0. The molecular formula is C60H117NO3. The molecule has 0 aliphatic heterocycles. The Morgan fingerprint density at radius 3 is 0.859 bits per heavy atom. The van der Waals surface area contributed by atoms with Crippen LogP contribution in [0.1, 0.15) is 335 Å². The second-order valence-corrected chi connectivity index (χ2v) is 20.4. The summed E-state index contributed by atoms with van der Waals surface area (Å²) in [6.07, 6.45) is 75.0. The molecule has 0 rings (SSSR count). The number of carbonyl (C=O) groups is 1. The molecular weight excluding hydrogens is 783 g/mol. The summed E-state index contributed by atoms with van der Waals surface area (Å²) < 4.78 is 0. The van der Waals surface area contributed by atoms with Crippen molar-refractivity contribution in [3.63, 3.8) is 0 Å². The molecule has 0 radical (unpaired) electrons. The summed E-state index contributed by atoms with van der Waals surface area (Å²) in [6.45, 7) is 4.35. The molecule has 0 saturated carbocycles. The number of allylic oxidation sites excluding steroid dienone is 3. The smallest absolute Gasteiger partial charge is 0.220 e. The minimum Gasteiger partial charge on any atom is -0.394 e. The number of unbranched alkanes of at least 4 members (excludes halogenated alkanes) is 46. The number of carbonyl (C=O) groups excluding carboxylic acids is 1. The van der Waals surface area contributed by atoms with Gasteiger partial charge >= 0.3 is 0 Å². The zero-order valence-electron chi connectivity index (χ0n) is 43.8. The lowest BCUT2D eigenvalue weighted by Gasteiger charge is -2.20. The summed E-state index contributed by atoms with van der Waals surface area (Å²) in [4.78, 5) is 12.5. The van der Waals surface area contributed by atoms with E-state index in [4.69, 9.17) is 0 Å². The Kier molecular flexibility index (Phi) is 55.2. The second kappa shape index (κ2) is 56.2. The summed E-state index contributed by atoms with van der Waals surface area (Å²) in [6, 6.07) is -0.621. The molecule has 0 aromatic carbocycles. The van der Waals surface area contributed by atoms with E-state index in [2.05, 4.69) is 31.3 Å². The van der Waals surface area contributed by atoms with Crippen LogP contribution in [-0.4, -0.2) is 34.9 Å². The first-order chi connectivity index (χ1) is 31.7. The molecule has 0 saturated heterocycles. The van der Waals surface area contributed by atoms with E-state index in [9.17, 15) is 15.0 Å². The number of hydrogen-bond acceptors (Lipinski definition) is 3. The van der Waals surface area contributed by atoms with Gasteiger partial charge in [0.05, 0.1) is 18.8 Å². The van der Waals surface area contributed by atoms with E-state index in [-0.39, 0.29) is 12.5 Å². The molecule has 380 valence electrons. The molecule has 0 aliphatic rings. The largest absolute Gasteiger partial charge is 0.394 e. The molecule has 4 nitrogen and oxygen atoms in total. The Morgan fingerprint density at radius 2 is 0.594 bits per heavy atom. The van der Waals surface area contributed by atoms with Crippen molar-refractivity contribution in [2.75, 3.05) is 6.61 Å². The van der Waals surface area contributed by atoms with Gasteiger partial charge in [-0.3, -0.25) is 4.79 Å². The first kappa shape index (κ1) is 62.9. The van der Waals surface area contributed by atoms with Gasteiger partial charge in [-0.25, -0.2) is 0 Å². The van der Waals surface area contributed by atoms with Crippen LogP contribution in [-0.2, 0) is 4.79 Å². The van der Waals surface area contributed by atoms with Gasteiger partial charge in [-0.1, -0.05) is 308 Å². The van der Waals surface area contributed by atoms with Gasteiger partial charge in [0.15, 0.2) is 0 Å². The van der Waals surface area contributed by atoms with Gasteiger partial charge in [0, 0.05) is 6.42 Å². The first-order valence-electron chi connectivity index (χ1n) is 29.6. The lowest BCUT2D eigenvalue weighted by atomic mass is 10.0. The lowest BCUT2D eigenvalue weighted by molar-refractivity contribution is -0.123. The van der Waals surface area contributed by atoms with Crippen molar-refractivity contribution >= 4 is 5.91 Å². The van der Waals surface area contributed by atoms with Crippen molar-refractivity contribution in [2.45, 2.75) is 347 Å². The number of nitrogens with one attached hydrogen (secondary N) is 1. The van der Waals surface area contributed by atoms with Crippen LogP contribution in [0.25, 0.3) is 0 Å². The predicted molar refractivity (Wildman–Crippen MR) is 286 cm³/mol. The average Bonchev–Trinajstić information content (AvgIpc) is 3.30. The topological polar surface area (TPSA) is 69.6 Å². The minimum absolute atomic E-state index is 0.0577. The van der Waals surface area contributed by atoms with E-state index in [1.54, 1.807) is 6.08 Å². The molecule has 0 aromatic heterocycles. The number of aliphatic hydroxyl groups excluding tert-OH is 2. The van der Waals surface area contributed by atoms with Crippen LogP contribution in [0.2, 0.25) is 0 Å². The fraction of sp³-hybridized carbons (Fsp3) is 0.917. The van der Waals surface area contributed by atoms with E-state index in [0.717, 1.165) is 25.7 Å². The summed E-state index contributed by atoms with van der Waals surface area (Å²) in [5.74, 6) is -0.0577. The van der Waals surface area contributed by atoms with Crippen LogP contribution >= 0.6 is 0 Å². The monoisotopic (exact) mass is 900 g/mol. The molecule has 0 aromatic rings. The normalized spacial score (nSPS) is 12.9. The van der Waals surface area contributed by atoms with Crippen LogP contribution in [0.5, 0.6) is 0 Å². The number of rotatable bonds is 55. The Morgan fingerprint density at radius 1 is 0.359 bits per heavy atom. The number of amides is 1. The van der Waals surface area contributed by atoms with Crippen molar-refractivity contribution < 1.29 is 15.0 Å². The maximum Gasteiger partial charge on any atom is 0.220 e. The van der Waals surface area contributed by atoms with Crippen LogP contribution in [0.3, 0.4) is 0 Å². The van der Waals surface area contributed by atoms with Gasteiger partial charge < -0.3 is 15.5 Å². The molecule has 64 heavy (non-hydrogen) atoms. The minimum atomic E-state index is -0.838. The number of aliphatic hydroxyl groups is 2. The van der Waals surface area contributed by atoms with E-state index in [0.29, 0.717) is 6.42 Å². The Balaban J connectivity index is 3.45. The van der Waals surface area contributed by atoms with Crippen LogP contribution in [0.15, 0.2) is 24.3 Å². The first-order valence-corrected chi connectivity index (χ1v) is 29.6. The molecule has 3 N–H and O–H groups in total. The Bertz CT molecular complexity index is 932. The molecule has 1 amide bonds. The van der Waals surface area contributed by atoms with Crippen molar-refractivity contribution in [3.8, 4) is 0 Å². The zero-order valence-corrected chi connectivity index (χ0v) is 43.8. The summed E-state index contributed by atoms with van der Waals surface area (Å²) in [5, 5.41) is 23.2. The number of hydrogen-bond donors (Lipinski definition) is 3. The quantitative estimate of drug-likeness (QED) is 0.0421. The van der Waals surface area contributed by atoms with Gasteiger partial charge in [0.2, 0.25) is 5.91 Å². The van der Waals surface area contributed by atoms with Crippen molar-refractivity contribution in [1.82, 2.24) is 5.32 Å². The fourth-order valence-corrected chi connectivity index (χ4v) is 9.41. The van der Waals surface area contributed by atoms with Gasteiger partial charge in [-0.15, -0.1) is 0 Å². The highest BCUT2D eigenvalue weighted by atomic mass is 16.3. The summed E-state index contributed by atoms with van der Waals surface area (Å²) in [7, 11) is 0. The lowest BCUT2D eigenvalue weighted by Crippen LogP contribution is -2.45. The molecule has 2 atom stereocenters. The van der Waals surface area contributed by atoms with E-state index in [1.807, 2.05) is 6.08 Å². The molecule has 0 bridgehead atoms. The molecule has 0 heterocycles.